The Balaban J connectivity index is 2.16. The molecule has 13 heavy (non-hydrogen) atoms. The smallest absolute Gasteiger partial charge is 0.249 e. The number of carbonyl (C=O) groups is 1. The van der Waals surface area contributed by atoms with Crippen LogP contribution in [0.3, 0.4) is 0 Å². The number of nitrogens with two attached hydrogens (primary N) is 1. The van der Waals surface area contributed by atoms with E-state index in [1.54, 1.807) is 0 Å². The summed E-state index contributed by atoms with van der Waals surface area (Å²) in [6.45, 7) is 0. The van der Waals surface area contributed by atoms with Gasteiger partial charge in [0.25, 0.3) is 0 Å². The second-order valence-corrected chi connectivity index (χ2v) is 3.30. The number of nitrogens with one attached hydrogen (secondary N) is 1. The van der Waals surface area contributed by atoms with Crippen LogP contribution >= 0.6 is 0 Å². The molecule has 1 amide bonds. The highest BCUT2D eigenvalue weighted by molar-refractivity contribution is 5.79. The van der Waals surface area contributed by atoms with Gasteiger partial charge in [-0.1, -0.05) is 24.3 Å². The molecule has 4 heteroatoms. The number of hydrogen-bond acceptors (Lipinski definition) is 3. The van der Waals surface area contributed by atoms with Gasteiger partial charge < -0.3 is 5.73 Å². The Kier molecular flexibility index (Phi) is 2.16. The lowest BCUT2D eigenvalue weighted by molar-refractivity contribution is -0.131. The average Bonchev–Trinajstić information content (AvgIpc) is 2.36. The lowest BCUT2D eigenvalue weighted by Gasteiger charge is -2.13. The highest BCUT2D eigenvalue weighted by atomic mass is 16.7. The van der Waals surface area contributed by atoms with Crippen LogP contribution in [0, 0.1) is 5.92 Å². The van der Waals surface area contributed by atoms with E-state index < -0.39 is 12.0 Å². The van der Waals surface area contributed by atoms with Crippen LogP contribution in [0.5, 0.6) is 0 Å². The molecule has 0 spiro atoms. The molecule has 1 saturated heterocycles. The summed E-state index contributed by atoms with van der Waals surface area (Å²) in [6.07, 6.45) is 8.24. The van der Waals surface area contributed by atoms with Gasteiger partial charge in [0.2, 0.25) is 5.91 Å². The molecule has 0 radical (unpaired) electrons. The van der Waals surface area contributed by atoms with Gasteiger partial charge in [0, 0.05) is 5.92 Å². The van der Waals surface area contributed by atoms with E-state index in [0.29, 0.717) is 0 Å². The number of fused-ring (bicyclic) bond motifs is 1. The molecular formula is C9H12N2O2. The van der Waals surface area contributed by atoms with E-state index in [4.69, 9.17) is 10.6 Å². The molecule has 0 aromatic carbocycles. The molecule has 1 fully saturated rings. The number of rotatable bonds is 1. The second kappa shape index (κ2) is 3.32. The monoisotopic (exact) mass is 180 g/mol. The number of amides is 1. The largest absolute Gasteiger partial charge is 0.367 e. The zero-order valence-corrected chi connectivity index (χ0v) is 7.14. The third-order valence-corrected chi connectivity index (χ3v) is 2.44. The van der Waals surface area contributed by atoms with Crippen LogP contribution in [0.25, 0.3) is 0 Å². The lowest BCUT2D eigenvalue weighted by Crippen LogP contribution is -2.35. The summed E-state index contributed by atoms with van der Waals surface area (Å²) in [5, 5.41) is 0. The average molecular weight is 180 g/mol. The molecule has 2 rings (SSSR count). The molecule has 1 heterocycles. The summed E-state index contributed by atoms with van der Waals surface area (Å²) in [5.74, 6) is -0.267. The predicted octanol–water partition coefficient (Wildman–Crippen LogP) is -0.124. The fraction of sp³-hybridized carbons (Fsp3) is 0.444. The molecule has 4 nitrogen and oxygen atoms in total. The minimum absolute atomic E-state index is 0.104. The van der Waals surface area contributed by atoms with Crippen molar-refractivity contribution in [1.29, 1.82) is 0 Å². The fourth-order valence-electron chi connectivity index (χ4n) is 1.73. The van der Waals surface area contributed by atoms with Gasteiger partial charge in [0.05, 0.1) is 6.04 Å². The van der Waals surface area contributed by atoms with Crippen molar-refractivity contribution in [2.45, 2.75) is 18.6 Å². The topological polar surface area (TPSA) is 64.4 Å². The van der Waals surface area contributed by atoms with E-state index in [1.807, 2.05) is 24.3 Å². The molecule has 0 aromatic heterocycles. The SMILES string of the molecule is NC(=O)C1ONC2C=CC=CCC21. The minimum atomic E-state index is -0.502. The Bertz CT molecular complexity index is 273. The maximum atomic E-state index is 11.0. The van der Waals surface area contributed by atoms with Crippen LogP contribution in [0.4, 0.5) is 0 Å². The number of allylic oxidation sites excluding steroid dienone is 3. The molecule has 0 saturated carbocycles. The summed E-state index contributed by atoms with van der Waals surface area (Å²) in [7, 11) is 0. The van der Waals surface area contributed by atoms with E-state index >= 15 is 0 Å². The van der Waals surface area contributed by atoms with Gasteiger partial charge in [-0.3, -0.25) is 9.63 Å². The molecule has 3 N–H and O–H groups in total. The molecule has 3 unspecified atom stereocenters. The van der Waals surface area contributed by atoms with E-state index in [-0.39, 0.29) is 12.0 Å². The maximum Gasteiger partial charge on any atom is 0.249 e. The predicted molar refractivity (Wildman–Crippen MR) is 47.4 cm³/mol. The van der Waals surface area contributed by atoms with Gasteiger partial charge in [0.15, 0.2) is 6.10 Å². The third kappa shape index (κ3) is 1.50. The molecule has 1 aliphatic carbocycles. The van der Waals surface area contributed by atoms with Gasteiger partial charge in [-0.15, -0.1) is 0 Å². The molecule has 0 aromatic rings. The summed E-state index contributed by atoms with van der Waals surface area (Å²) >= 11 is 0. The standard InChI is InChI=1S/C9H12N2O2/c10-9(12)8-6-4-2-1-3-5-7(6)11-13-8/h1-3,5-8,11H,4H2,(H2,10,12). The highest BCUT2D eigenvalue weighted by Gasteiger charge is 2.38. The zero-order valence-electron chi connectivity index (χ0n) is 7.14. The van der Waals surface area contributed by atoms with Crippen molar-refractivity contribution in [3.63, 3.8) is 0 Å². The van der Waals surface area contributed by atoms with E-state index in [1.165, 1.54) is 0 Å². The van der Waals surface area contributed by atoms with Crippen LogP contribution in [0.1, 0.15) is 6.42 Å². The van der Waals surface area contributed by atoms with Crippen LogP contribution in [-0.2, 0) is 9.63 Å². The molecule has 3 atom stereocenters. The molecule has 1 aliphatic heterocycles. The van der Waals surface area contributed by atoms with Gasteiger partial charge >= 0.3 is 0 Å². The molecular weight excluding hydrogens is 168 g/mol. The Labute approximate surface area is 76.4 Å². The van der Waals surface area contributed by atoms with Gasteiger partial charge in [-0.05, 0) is 6.42 Å². The van der Waals surface area contributed by atoms with Crippen molar-refractivity contribution in [3.05, 3.63) is 24.3 Å². The van der Waals surface area contributed by atoms with Crippen molar-refractivity contribution in [2.24, 2.45) is 11.7 Å². The second-order valence-electron chi connectivity index (χ2n) is 3.30. The lowest BCUT2D eigenvalue weighted by atomic mass is 9.92. The molecule has 2 aliphatic rings. The summed E-state index contributed by atoms with van der Waals surface area (Å²) in [6, 6.07) is 0.104. The van der Waals surface area contributed by atoms with Crippen LogP contribution in [-0.4, -0.2) is 18.1 Å². The summed E-state index contributed by atoms with van der Waals surface area (Å²) in [4.78, 5) is 16.1. The quantitative estimate of drug-likeness (QED) is 0.591. The van der Waals surface area contributed by atoms with Crippen molar-refractivity contribution < 1.29 is 9.63 Å². The normalized spacial score (nSPS) is 37.1. The van der Waals surface area contributed by atoms with Gasteiger partial charge in [0.1, 0.15) is 0 Å². The summed E-state index contributed by atoms with van der Waals surface area (Å²) < 4.78 is 0. The van der Waals surface area contributed by atoms with Gasteiger partial charge in [-0.2, -0.15) is 5.48 Å². The van der Waals surface area contributed by atoms with Gasteiger partial charge in [-0.25, -0.2) is 0 Å². The summed E-state index contributed by atoms with van der Waals surface area (Å²) in [5.41, 5.74) is 8.01. The first kappa shape index (κ1) is 8.47. The molecule has 70 valence electrons. The van der Waals surface area contributed by atoms with E-state index in [0.717, 1.165) is 6.42 Å². The Morgan fingerprint density at radius 1 is 1.54 bits per heavy atom. The third-order valence-electron chi connectivity index (χ3n) is 2.44. The number of hydrogen-bond donors (Lipinski definition) is 2. The first-order chi connectivity index (χ1) is 6.29. The number of hydroxylamine groups is 1. The first-order valence-corrected chi connectivity index (χ1v) is 4.33. The van der Waals surface area contributed by atoms with Crippen molar-refractivity contribution in [1.82, 2.24) is 5.48 Å². The Hall–Kier alpha value is -1.13. The fourth-order valence-corrected chi connectivity index (χ4v) is 1.73. The van der Waals surface area contributed by atoms with Crippen LogP contribution in [0.15, 0.2) is 24.3 Å². The highest BCUT2D eigenvalue weighted by Crippen LogP contribution is 2.25. The Morgan fingerprint density at radius 3 is 3.15 bits per heavy atom. The van der Waals surface area contributed by atoms with E-state index in [2.05, 4.69) is 5.48 Å². The maximum absolute atomic E-state index is 11.0. The minimum Gasteiger partial charge on any atom is -0.367 e. The zero-order chi connectivity index (χ0) is 9.26. The number of primary amides is 1. The van der Waals surface area contributed by atoms with Crippen LogP contribution < -0.4 is 11.2 Å². The number of carbonyl (C=O) groups excluding carboxylic acids is 1. The first-order valence-electron chi connectivity index (χ1n) is 4.33. The Morgan fingerprint density at radius 2 is 2.38 bits per heavy atom. The van der Waals surface area contributed by atoms with E-state index in [9.17, 15) is 4.79 Å². The molecule has 0 bridgehead atoms. The van der Waals surface area contributed by atoms with Crippen molar-refractivity contribution in [3.8, 4) is 0 Å². The van der Waals surface area contributed by atoms with Crippen molar-refractivity contribution in [2.75, 3.05) is 0 Å². The van der Waals surface area contributed by atoms with Crippen LogP contribution in [0.2, 0.25) is 0 Å². The van der Waals surface area contributed by atoms with Crippen molar-refractivity contribution >= 4 is 5.91 Å².